The van der Waals surface area contributed by atoms with Gasteiger partial charge in [-0.2, -0.15) is 0 Å². The van der Waals surface area contributed by atoms with E-state index in [1.807, 2.05) is 0 Å². The lowest BCUT2D eigenvalue weighted by atomic mass is 9.94. The molecule has 2 amide bonds. The second kappa shape index (κ2) is 8.48. The van der Waals surface area contributed by atoms with Crippen LogP contribution in [0.2, 0.25) is 0 Å². The van der Waals surface area contributed by atoms with Crippen molar-refractivity contribution < 1.29 is 28.6 Å². The summed E-state index contributed by atoms with van der Waals surface area (Å²) in [6, 6.07) is 5.47. The van der Waals surface area contributed by atoms with Gasteiger partial charge in [0.2, 0.25) is 0 Å². The van der Waals surface area contributed by atoms with Crippen molar-refractivity contribution in [2.45, 2.75) is 13.0 Å². The third-order valence-corrected chi connectivity index (χ3v) is 4.16. The number of carbonyl (C=O) groups excluding carboxylic acids is 3. The average Bonchev–Trinajstić information content (AvgIpc) is 2.65. The standard InChI is InChI=1S/C18H22N2O6/c1-11-14(17(22)26-10-9-24-3)15(19-18(23)20(11)2)12-5-7-13(8-6-12)16(21)25-4/h5-8,15H,9-10H2,1-4H3,(H,19,23). The molecule has 26 heavy (non-hydrogen) atoms. The molecule has 0 radical (unpaired) electrons. The predicted octanol–water partition coefficient (Wildman–Crippen LogP) is 1.63. The maximum absolute atomic E-state index is 12.6. The molecule has 1 aliphatic heterocycles. The Kier molecular flexibility index (Phi) is 6.35. The van der Waals surface area contributed by atoms with Crippen molar-refractivity contribution in [1.82, 2.24) is 10.2 Å². The Morgan fingerprint density at radius 1 is 1.12 bits per heavy atom. The molecule has 0 fully saturated rings. The Hall–Kier alpha value is -2.87. The minimum atomic E-state index is -0.680. The second-order valence-electron chi connectivity index (χ2n) is 5.68. The van der Waals surface area contributed by atoms with Gasteiger partial charge in [0.05, 0.1) is 30.9 Å². The Balaban J connectivity index is 2.35. The molecule has 1 unspecified atom stereocenters. The Morgan fingerprint density at radius 2 is 1.77 bits per heavy atom. The number of hydrogen-bond acceptors (Lipinski definition) is 6. The van der Waals surface area contributed by atoms with E-state index in [9.17, 15) is 14.4 Å². The molecule has 1 aromatic carbocycles. The number of rotatable bonds is 6. The molecule has 1 aliphatic rings. The zero-order valence-electron chi connectivity index (χ0n) is 15.2. The van der Waals surface area contributed by atoms with Crippen molar-refractivity contribution in [1.29, 1.82) is 0 Å². The van der Waals surface area contributed by atoms with Gasteiger partial charge in [0, 0.05) is 19.9 Å². The molecule has 0 aliphatic carbocycles. The maximum Gasteiger partial charge on any atom is 0.338 e. The molecule has 0 spiro atoms. The van der Waals surface area contributed by atoms with Crippen molar-refractivity contribution in [3.63, 3.8) is 0 Å². The predicted molar refractivity (Wildman–Crippen MR) is 92.4 cm³/mol. The van der Waals surface area contributed by atoms with Gasteiger partial charge in [-0.15, -0.1) is 0 Å². The van der Waals surface area contributed by atoms with Crippen LogP contribution in [0.4, 0.5) is 4.79 Å². The van der Waals surface area contributed by atoms with Crippen LogP contribution in [0.25, 0.3) is 0 Å². The van der Waals surface area contributed by atoms with Crippen LogP contribution in [0.1, 0.15) is 28.9 Å². The summed E-state index contributed by atoms with van der Waals surface area (Å²) in [6.07, 6.45) is 0. The molecule has 0 saturated heterocycles. The molecule has 0 aromatic heterocycles. The second-order valence-corrected chi connectivity index (χ2v) is 5.68. The van der Waals surface area contributed by atoms with Crippen LogP contribution in [-0.4, -0.2) is 57.4 Å². The number of carbonyl (C=O) groups is 3. The van der Waals surface area contributed by atoms with Gasteiger partial charge in [0.15, 0.2) is 0 Å². The summed E-state index contributed by atoms with van der Waals surface area (Å²) >= 11 is 0. The number of benzene rings is 1. The smallest absolute Gasteiger partial charge is 0.338 e. The molecule has 0 saturated carbocycles. The number of allylic oxidation sites excluding steroid dienone is 1. The molecule has 2 rings (SSSR count). The van der Waals surface area contributed by atoms with Crippen LogP contribution in [0.3, 0.4) is 0 Å². The summed E-state index contributed by atoms with van der Waals surface area (Å²) in [5, 5.41) is 2.78. The Bertz CT molecular complexity index is 726. The van der Waals surface area contributed by atoms with Crippen molar-refractivity contribution in [2.75, 3.05) is 34.5 Å². The zero-order valence-corrected chi connectivity index (χ0v) is 15.2. The highest BCUT2D eigenvalue weighted by Gasteiger charge is 2.35. The van der Waals surface area contributed by atoms with Crippen LogP contribution in [-0.2, 0) is 19.0 Å². The number of hydrogen-bond donors (Lipinski definition) is 1. The lowest BCUT2D eigenvalue weighted by Crippen LogP contribution is -2.46. The number of nitrogens with zero attached hydrogens (tertiary/aromatic N) is 1. The fourth-order valence-electron chi connectivity index (χ4n) is 2.57. The average molecular weight is 362 g/mol. The van der Waals surface area contributed by atoms with E-state index in [1.54, 1.807) is 38.2 Å². The molecule has 8 nitrogen and oxygen atoms in total. The van der Waals surface area contributed by atoms with Gasteiger partial charge < -0.3 is 24.4 Å². The number of urea groups is 1. The summed E-state index contributed by atoms with van der Waals surface area (Å²) < 4.78 is 14.8. The van der Waals surface area contributed by atoms with E-state index in [-0.39, 0.29) is 19.2 Å². The first-order chi connectivity index (χ1) is 12.4. The topological polar surface area (TPSA) is 94.2 Å². The molecule has 1 aromatic rings. The van der Waals surface area contributed by atoms with E-state index >= 15 is 0 Å². The van der Waals surface area contributed by atoms with Gasteiger partial charge in [-0.1, -0.05) is 12.1 Å². The van der Waals surface area contributed by atoms with E-state index in [2.05, 4.69) is 10.1 Å². The SMILES string of the molecule is COCCOC(=O)C1=C(C)N(C)C(=O)NC1c1ccc(C(=O)OC)cc1. The molecular weight excluding hydrogens is 340 g/mol. The minimum Gasteiger partial charge on any atom is -0.465 e. The molecular formula is C18H22N2O6. The largest absolute Gasteiger partial charge is 0.465 e. The number of methoxy groups -OCH3 is 2. The lowest BCUT2D eigenvalue weighted by molar-refractivity contribution is -0.140. The van der Waals surface area contributed by atoms with Crippen LogP contribution in [0.5, 0.6) is 0 Å². The molecule has 8 heteroatoms. The van der Waals surface area contributed by atoms with Gasteiger partial charge in [-0.05, 0) is 24.6 Å². The van der Waals surface area contributed by atoms with Gasteiger partial charge in [-0.25, -0.2) is 14.4 Å². The summed E-state index contributed by atoms with van der Waals surface area (Å²) in [7, 11) is 4.38. The first-order valence-electron chi connectivity index (χ1n) is 8.00. The van der Waals surface area contributed by atoms with Gasteiger partial charge in [0.25, 0.3) is 0 Å². The van der Waals surface area contributed by atoms with Crippen LogP contribution in [0.15, 0.2) is 35.5 Å². The Morgan fingerprint density at radius 3 is 2.35 bits per heavy atom. The molecule has 1 heterocycles. The molecule has 1 N–H and O–H groups in total. The van der Waals surface area contributed by atoms with Crippen molar-refractivity contribution in [3.05, 3.63) is 46.7 Å². The van der Waals surface area contributed by atoms with Gasteiger partial charge >= 0.3 is 18.0 Å². The van der Waals surface area contributed by atoms with Crippen molar-refractivity contribution >= 4 is 18.0 Å². The monoisotopic (exact) mass is 362 g/mol. The van der Waals surface area contributed by atoms with Crippen LogP contribution in [0, 0.1) is 0 Å². The van der Waals surface area contributed by atoms with E-state index in [0.29, 0.717) is 22.4 Å². The highest BCUT2D eigenvalue weighted by Crippen LogP contribution is 2.30. The first kappa shape index (κ1) is 19.5. The van der Waals surface area contributed by atoms with E-state index in [0.717, 1.165) is 0 Å². The lowest BCUT2D eigenvalue weighted by Gasteiger charge is -2.33. The highest BCUT2D eigenvalue weighted by molar-refractivity contribution is 5.95. The molecule has 140 valence electrons. The highest BCUT2D eigenvalue weighted by atomic mass is 16.6. The zero-order chi connectivity index (χ0) is 19.3. The number of esters is 2. The quantitative estimate of drug-likeness (QED) is 0.611. The third-order valence-electron chi connectivity index (χ3n) is 4.16. The fourth-order valence-corrected chi connectivity index (χ4v) is 2.57. The van der Waals surface area contributed by atoms with E-state index < -0.39 is 18.0 Å². The summed E-state index contributed by atoms with van der Waals surface area (Å²) in [6.45, 7) is 2.07. The Labute approximate surface area is 151 Å². The summed E-state index contributed by atoms with van der Waals surface area (Å²) in [5.74, 6) is -0.997. The normalized spacial score (nSPS) is 17.0. The van der Waals surface area contributed by atoms with Gasteiger partial charge in [-0.3, -0.25) is 0 Å². The van der Waals surface area contributed by atoms with Crippen molar-refractivity contribution in [3.8, 4) is 0 Å². The summed E-state index contributed by atoms with van der Waals surface area (Å²) in [4.78, 5) is 37.7. The molecule has 1 atom stereocenters. The van der Waals surface area contributed by atoms with Gasteiger partial charge in [0.1, 0.15) is 6.61 Å². The fraction of sp³-hybridized carbons (Fsp3) is 0.389. The first-order valence-corrected chi connectivity index (χ1v) is 8.00. The third kappa shape index (κ3) is 4.02. The molecule has 0 bridgehead atoms. The number of nitrogens with one attached hydrogen (secondary N) is 1. The minimum absolute atomic E-state index is 0.109. The summed E-state index contributed by atoms with van der Waals surface area (Å²) in [5.41, 5.74) is 1.85. The maximum atomic E-state index is 12.6. The van der Waals surface area contributed by atoms with Crippen molar-refractivity contribution in [2.24, 2.45) is 0 Å². The number of amides is 2. The number of ether oxygens (including phenoxy) is 3. The van der Waals surface area contributed by atoms with E-state index in [1.165, 1.54) is 19.1 Å². The van der Waals surface area contributed by atoms with E-state index in [4.69, 9.17) is 9.47 Å². The van der Waals surface area contributed by atoms with Crippen LogP contribution < -0.4 is 5.32 Å². The van der Waals surface area contributed by atoms with Crippen LogP contribution >= 0.6 is 0 Å².